The lowest BCUT2D eigenvalue weighted by molar-refractivity contribution is -0.149. The summed E-state index contributed by atoms with van der Waals surface area (Å²) in [6, 6.07) is 0.395. The second kappa shape index (κ2) is 7.30. The number of aliphatic carboxylic acids is 1. The molecule has 0 bridgehead atoms. The second-order valence-electron chi connectivity index (χ2n) is 4.55. The average Bonchev–Trinajstić information content (AvgIpc) is 2.77. The maximum atomic E-state index is 12.3. The van der Waals surface area contributed by atoms with Crippen molar-refractivity contribution in [2.24, 2.45) is 0 Å². The van der Waals surface area contributed by atoms with Gasteiger partial charge in [-0.15, -0.1) is 0 Å². The monoisotopic (exact) mass is 324 g/mol. The van der Waals surface area contributed by atoms with Gasteiger partial charge < -0.3 is 15.3 Å². The Labute approximate surface area is 123 Å². The lowest BCUT2D eigenvalue weighted by atomic mass is 10.1. The van der Waals surface area contributed by atoms with Crippen LogP contribution in [0, 0.1) is 0 Å². The summed E-state index contributed by atoms with van der Waals surface area (Å²) in [6.07, 6.45) is -4.19. The Hall–Kier alpha value is -1.77. The fourth-order valence-corrected chi connectivity index (χ4v) is 2.38. The molecular formula is C12H15F3N2O3S. The summed E-state index contributed by atoms with van der Waals surface area (Å²) in [4.78, 5) is 22.5. The molecule has 1 heterocycles. The number of amides is 2. The van der Waals surface area contributed by atoms with Crippen LogP contribution in [0.15, 0.2) is 16.8 Å². The van der Waals surface area contributed by atoms with E-state index in [4.69, 9.17) is 5.11 Å². The van der Waals surface area contributed by atoms with Crippen molar-refractivity contribution in [1.29, 1.82) is 0 Å². The van der Waals surface area contributed by atoms with Crippen LogP contribution in [-0.4, -0.2) is 47.3 Å². The normalized spacial score (nSPS) is 12.8. The van der Waals surface area contributed by atoms with Crippen LogP contribution in [0.2, 0.25) is 0 Å². The minimum absolute atomic E-state index is 0.229. The number of carboxylic acids is 1. The number of nitrogens with zero attached hydrogens (tertiary/aromatic N) is 1. The number of carboxylic acid groups (broad SMARTS) is 1. The molecule has 5 nitrogen and oxygen atoms in total. The number of urea groups is 1. The van der Waals surface area contributed by atoms with Crippen LogP contribution < -0.4 is 5.32 Å². The molecule has 2 N–H and O–H groups in total. The van der Waals surface area contributed by atoms with Crippen LogP contribution in [0.3, 0.4) is 0 Å². The lowest BCUT2D eigenvalue weighted by Gasteiger charge is -2.24. The minimum atomic E-state index is -4.65. The molecule has 1 atom stereocenters. The molecular weight excluding hydrogens is 309 g/mol. The van der Waals surface area contributed by atoms with E-state index in [1.807, 2.05) is 16.8 Å². The Kier molecular flexibility index (Phi) is 6.01. The van der Waals surface area contributed by atoms with E-state index >= 15 is 0 Å². The second-order valence-corrected chi connectivity index (χ2v) is 5.33. The number of nitrogens with one attached hydrogen (secondary N) is 1. The van der Waals surface area contributed by atoms with Gasteiger partial charge in [-0.25, -0.2) is 4.79 Å². The molecule has 9 heteroatoms. The standard InChI is InChI=1S/C12H15F3N2O3S/c1-8(4-9-2-3-21-6-9)16-11(20)17(5-10(18)19)7-12(13,14)15/h2-3,6,8H,4-5,7H2,1H3,(H,16,20)(H,18,19). The van der Waals surface area contributed by atoms with Gasteiger partial charge in [-0.05, 0) is 35.7 Å². The summed E-state index contributed by atoms with van der Waals surface area (Å²) < 4.78 is 37.0. The zero-order valence-corrected chi connectivity index (χ0v) is 12.0. The Balaban J connectivity index is 2.60. The maximum Gasteiger partial charge on any atom is 0.406 e. The van der Waals surface area contributed by atoms with E-state index in [0.29, 0.717) is 6.42 Å². The largest absolute Gasteiger partial charge is 0.480 e. The SMILES string of the molecule is CC(Cc1ccsc1)NC(=O)N(CC(=O)O)CC(F)(F)F. The average molecular weight is 324 g/mol. The first-order valence-corrected chi connectivity index (χ1v) is 6.96. The third-order valence-electron chi connectivity index (χ3n) is 2.48. The highest BCUT2D eigenvalue weighted by molar-refractivity contribution is 7.07. The van der Waals surface area contributed by atoms with Crippen LogP contribution in [0.5, 0.6) is 0 Å². The van der Waals surface area contributed by atoms with E-state index in [2.05, 4.69) is 5.32 Å². The minimum Gasteiger partial charge on any atom is -0.480 e. The van der Waals surface area contributed by atoms with Crippen molar-refractivity contribution >= 4 is 23.3 Å². The van der Waals surface area contributed by atoms with Gasteiger partial charge in [0.15, 0.2) is 0 Å². The van der Waals surface area contributed by atoms with Crippen LogP contribution in [0.25, 0.3) is 0 Å². The summed E-state index contributed by atoms with van der Waals surface area (Å²) in [5, 5.41) is 14.7. The highest BCUT2D eigenvalue weighted by Gasteiger charge is 2.34. The number of rotatable bonds is 6. The number of carbonyl (C=O) groups is 2. The van der Waals surface area contributed by atoms with E-state index in [9.17, 15) is 22.8 Å². The molecule has 0 fully saturated rings. The van der Waals surface area contributed by atoms with Gasteiger partial charge in [0.05, 0.1) is 0 Å². The number of hydrogen-bond donors (Lipinski definition) is 2. The first-order valence-electron chi connectivity index (χ1n) is 6.02. The zero-order valence-electron chi connectivity index (χ0n) is 11.2. The molecule has 0 spiro atoms. The first-order chi connectivity index (χ1) is 9.67. The predicted octanol–water partition coefficient (Wildman–Crippen LogP) is 2.34. The molecule has 2 amide bonds. The number of carbonyl (C=O) groups excluding carboxylic acids is 1. The van der Waals surface area contributed by atoms with Crippen molar-refractivity contribution in [3.8, 4) is 0 Å². The van der Waals surface area contributed by atoms with Gasteiger partial charge in [0.25, 0.3) is 0 Å². The quantitative estimate of drug-likeness (QED) is 0.844. The molecule has 118 valence electrons. The predicted molar refractivity (Wildman–Crippen MR) is 71.3 cm³/mol. The molecule has 0 aromatic carbocycles. The molecule has 0 radical (unpaired) electrons. The van der Waals surface area contributed by atoms with Crippen molar-refractivity contribution < 1.29 is 27.9 Å². The van der Waals surface area contributed by atoms with Gasteiger partial charge in [0, 0.05) is 6.04 Å². The van der Waals surface area contributed by atoms with Crippen LogP contribution >= 0.6 is 11.3 Å². The summed E-state index contributed by atoms with van der Waals surface area (Å²) >= 11 is 1.47. The summed E-state index contributed by atoms with van der Waals surface area (Å²) in [6.45, 7) is -0.963. The van der Waals surface area contributed by atoms with E-state index in [1.165, 1.54) is 11.3 Å². The van der Waals surface area contributed by atoms with Crippen LogP contribution in [-0.2, 0) is 11.2 Å². The Morgan fingerprint density at radius 2 is 2.14 bits per heavy atom. The topological polar surface area (TPSA) is 69.6 Å². The van der Waals surface area contributed by atoms with Crippen molar-refractivity contribution in [1.82, 2.24) is 10.2 Å². The Bertz CT molecular complexity index is 477. The zero-order chi connectivity index (χ0) is 16.0. The Morgan fingerprint density at radius 3 is 2.62 bits per heavy atom. The molecule has 1 unspecified atom stereocenters. The molecule has 21 heavy (non-hydrogen) atoms. The smallest absolute Gasteiger partial charge is 0.406 e. The fraction of sp³-hybridized carbons (Fsp3) is 0.500. The summed E-state index contributed by atoms with van der Waals surface area (Å²) in [5.41, 5.74) is 0.952. The van der Waals surface area contributed by atoms with E-state index in [1.54, 1.807) is 6.92 Å². The van der Waals surface area contributed by atoms with Crippen LogP contribution in [0.4, 0.5) is 18.0 Å². The first kappa shape index (κ1) is 17.3. The van der Waals surface area contributed by atoms with E-state index in [-0.39, 0.29) is 4.90 Å². The van der Waals surface area contributed by atoms with Gasteiger partial charge in [-0.3, -0.25) is 4.79 Å². The lowest BCUT2D eigenvalue weighted by Crippen LogP contribution is -2.49. The fourth-order valence-electron chi connectivity index (χ4n) is 1.69. The molecule has 1 aromatic heterocycles. The van der Waals surface area contributed by atoms with E-state index in [0.717, 1.165) is 5.56 Å². The van der Waals surface area contributed by atoms with Crippen LogP contribution in [0.1, 0.15) is 12.5 Å². The molecule has 1 aromatic rings. The van der Waals surface area contributed by atoms with Gasteiger partial charge in [-0.2, -0.15) is 24.5 Å². The maximum absolute atomic E-state index is 12.3. The summed E-state index contributed by atoms with van der Waals surface area (Å²) in [5.74, 6) is -1.50. The van der Waals surface area contributed by atoms with Crippen molar-refractivity contribution in [3.63, 3.8) is 0 Å². The van der Waals surface area contributed by atoms with Gasteiger partial charge in [-0.1, -0.05) is 0 Å². The van der Waals surface area contributed by atoms with Crippen molar-refractivity contribution in [3.05, 3.63) is 22.4 Å². The molecule has 0 aliphatic rings. The number of thiophene rings is 1. The molecule has 0 aliphatic heterocycles. The highest BCUT2D eigenvalue weighted by Crippen LogP contribution is 2.16. The Morgan fingerprint density at radius 1 is 1.48 bits per heavy atom. The van der Waals surface area contributed by atoms with E-state index < -0.39 is 37.3 Å². The third-order valence-corrected chi connectivity index (χ3v) is 3.21. The third kappa shape index (κ3) is 6.98. The molecule has 0 saturated carbocycles. The molecule has 0 aliphatic carbocycles. The van der Waals surface area contributed by atoms with Gasteiger partial charge in [0.1, 0.15) is 13.1 Å². The van der Waals surface area contributed by atoms with Crippen molar-refractivity contribution in [2.75, 3.05) is 13.1 Å². The number of hydrogen-bond acceptors (Lipinski definition) is 3. The van der Waals surface area contributed by atoms with Crippen molar-refractivity contribution in [2.45, 2.75) is 25.6 Å². The molecule has 0 saturated heterocycles. The van der Waals surface area contributed by atoms with Gasteiger partial charge in [0.2, 0.25) is 0 Å². The number of alkyl halides is 3. The highest BCUT2D eigenvalue weighted by atomic mass is 32.1. The summed E-state index contributed by atoms with van der Waals surface area (Å²) in [7, 11) is 0. The number of halogens is 3. The molecule has 1 rings (SSSR count). The van der Waals surface area contributed by atoms with Gasteiger partial charge >= 0.3 is 18.2 Å².